The fourth-order valence-electron chi connectivity index (χ4n) is 8.15. The summed E-state index contributed by atoms with van der Waals surface area (Å²) in [5.41, 5.74) is 2.90. The van der Waals surface area contributed by atoms with E-state index in [1.54, 1.807) is 0 Å². The van der Waals surface area contributed by atoms with E-state index in [1.165, 1.54) is 38.5 Å². The van der Waals surface area contributed by atoms with Gasteiger partial charge in [0.05, 0.1) is 0 Å². The molecule has 2 amide bonds. The lowest BCUT2D eigenvalue weighted by atomic mass is 9.49. The molecule has 4 saturated carbocycles. The number of fused-ring (bicyclic) bond motifs is 1. The minimum atomic E-state index is 0.120. The molecule has 1 aromatic rings. The molecule has 1 aromatic carbocycles. The molecule has 6 aliphatic rings. The predicted octanol–water partition coefficient (Wildman–Crippen LogP) is 4.66. The second kappa shape index (κ2) is 8.16. The Kier molecular flexibility index (Phi) is 5.28. The minimum absolute atomic E-state index is 0.120. The zero-order valence-corrected chi connectivity index (χ0v) is 19.1. The lowest BCUT2D eigenvalue weighted by molar-refractivity contribution is -0.124. The number of amides is 2. The number of rotatable bonds is 5. The van der Waals surface area contributed by atoms with E-state index in [2.05, 4.69) is 5.32 Å². The van der Waals surface area contributed by atoms with Crippen molar-refractivity contribution in [2.45, 2.75) is 64.2 Å². The summed E-state index contributed by atoms with van der Waals surface area (Å²) in [6.07, 6.45) is 11.5. The van der Waals surface area contributed by atoms with Crippen LogP contribution in [0.5, 0.6) is 0 Å². The topological polar surface area (TPSA) is 58.6 Å². The van der Waals surface area contributed by atoms with Gasteiger partial charge in [0.1, 0.15) is 0 Å². The molecule has 1 N–H and O–H groups in total. The Labute approximate surface area is 191 Å². The molecule has 5 heteroatoms. The van der Waals surface area contributed by atoms with Gasteiger partial charge in [-0.1, -0.05) is 6.07 Å². The first kappa shape index (κ1) is 20.7. The molecule has 7 rings (SSSR count). The Morgan fingerprint density at radius 2 is 1.75 bits per heavy atom. The average Bonchev–Trinajstić information content (AvgIpc) is 2.75. The smallest absolute Gasteiger partial charge is 0.254 e. The van der Waals surface area contributed by atoms with E-state index in [0.29, 0.717) is 12.3 Å². The highest BCUT2D eigenvalue weighted by atomic mass is 16.5. The van der Waals surface area contributed by atoms with Gasteiger partial charge in [0.25, 0.3) is 5.91 Å². The third-order valence-electron chi connectivity index (χ3n) is 9.12. The monoisotopic (exact) mass is 436 g/mol. The van der Waals surface area contributed by atoms with Crippen LogP contribution in [0.25, 0.3) is 0 Å². The number of nitrogens with zero attached hydrogens (tertiary/aromatic N) is 1. The Balaban J connectivity index is 1.13. The second-order valence-corrected chi connectivity index (χ2v) is 11.5. The van der Waals surface area contributed by atoms with Crippen LogP contribution >= 0.6 is 0 Å². The normalized spacial score (nSPS) is 33.9. The number of carbonyl (C=O) groups is 2. The molecule has 2 aliphatic heterocycles. The van der Waals surface area contributed by atoms with E-state index in [4.69, 9.17) is 4.74 Å². The summed E-state index contributed by atoms with van der Waals surface area (Å²) in [6, 6.07) is 5.84. The van der Waals surface area contributed by atoms with E-state index in [1.807, 2.05) is 23.1 Å². The zero-order valence-electron chi connectivity index (χ0n) is 19.1. The molecular weight excluding hydrogens is 400 g/mol. The third kappa shape index (κ3) is 3.87. The van der Waals surface area contributed by atoms with E-state index < -0.39 is 0 Å². The summed E-state index contributed by atoms with van der Waals surface area (Å²) in [5, 5.41) is 3.24. The third-order valence-corrected chi connectivity index (χ3v) is 9.12. The minimum Gasteiger partial charge on any atom is -0.381 e. The van der Waals surface area contributed by atoms with Crippen LogP contribution in [0.3, 0.4) is 0 Å². The van der Waals surface area contributed by atoms with Crippen LogP contribution in [0, 0.1) is 29.1 Å². The summed E-state index contributed by atoms with van der Waals surface area (Å²) in [6.45, 7) is 3.18. The largest absolute Gasteiger partial charge is 0.381 e. The van der Waals surface area contributed by atoms with Crippen molar-refractivity contribution in [1.29, 1.82) is 0 Å². The van der Waals surface area contributed by atoms with E-state index >= 15 is 0 Å². The highest BCUT2D eigenvalue weighted by Crippen LogP contribution is 2.61. The fourth-order valence-corrected chi connectivity index (χ4v) is 8.15. The van der Waals surface area contributed by atoms with Gasteiger partial charge in [0, 0.05) is 44.0 Å². The highest BCUT2D eigenvalue weighted by Gasteiger charge is 2.51. The van der Waals surface area contributed by atoms with Gasteiger partial charge in [-0.25, -0.2) is 0 Å². The van der Waals surface area contributed by atoms with Gasteiger partial charge >= 0.3 is 0 Å². The van der Waals surface area contributed by atoms with Gasteiger partial charge in [0.2, 0.25) is 5.91 Å². The first-order chi connectivity index (χ1) is 15.6. The maximum atomic E-state index is 13.2. The van der Waals surface area contributed by atoms with E-state index in [9.17, 15) is 9.59 Å². The van der Waals surface area contributed by atoms with Gasteiger partial charge in [-0.05, 0) is 105 Å². The zero-order chi connectivity index (χ0) is 21.7. The summed E-state index contributed by atoms with van der Waals surface area (Å²) in [4.78, 5) is 28.4. The summed E-state index contributed by atoms with van der Waals surface area (Å²) >= 11 is 0. The maximum absolute atomic E-state index is 13.2. The molecule has 172 valence electrons. The number of hydrogen-bond acceptors (Lipinski definition) is 3. The number of nitrogens with one attached hydrogen (secondary N) is 1. The number of benzene rings is 1. The van der Waals surface area contributed by atoms with Crippen LogP contribution in [-0.2, 0) is 16.0 Å². The van der Waals surface area contributed by atoms with Gasteiger partial charge < -0.3 is 15.0 Å². The maximum Gasteiger partial charge on any atom is 0.254 e. The molecule has 4 aliphatic carbocycles. The fraction of sp³-hybridized carbons (Fsp3) is 0.704. The van der Waals surface area contributed by atoms with E-state index in [0.717, 1.165) is 80.1 Å². The second-order valence-electron chi connectivity index (χ2n) is 11.5. The molecule has 0 spiro atoms. The van der Waals surface area contributed by atoms with Gasteiger partial charge in [-0.2, -0.15) is 0 Å². The van der Waals surface area contributed by atoms with Crippen molar-refractivity contribution in [2.75, 3.05) is 31.6 Å². The number of carbonyl (C=O) groups excluding carboxylic acids is 2. The van der Waals surface area contributed by atoms with Crippen LogP contribution in [0.4, 0.5) is 5.69 Å². The predicted molar refractivity (Wildman–Crippen MR) is 123 cm³/mol. The lowest BCUT2D eigenvalue weighted by Crippen LogP contribution is -2.47. The summed E-state index contributed by atoms with van der Waals surface area (Å²) < 4.78 is 5.47. The van der Waals surface area contributed by atoms with Crippen LogP contribution in [0.1, 0.15) is 73.7 Å². The molecule has 5 nitrogen and oxygen atoms in total. The number of ether oxygens (including phenoxy) is 1. The molecule has 0 unspecified atom stereocenters. The standard InChI is InChI=1S/C27H36N2O3/c30-25(16-27-13-19-10-20(14-27)12-21(11-19)15-27)28-24-3-1-2-23-22(24)4-7-29(26(23)31)17-18-5-8-32-9-6-18/h1-3,18-21H,4-17H2,(H,28,30). The van der Waals surface area contributed by atoms with Gasteiger partial charge in [-0.3, -0.25) is 9.59 Å². The van der Waals surface area contributed by atoms with Crippen molar-refractivity contribution in [2.24, 2.45) is 29.1 Å². The van der Waals surface area contributed by atoms with Gasteiger partial charge in [0.15, 0.2) is 0 Å². The Bertz CT molecular complexity index is 869. The molecule has 4 bridgehead atoms. The first-order valence-corrected chi connectivity index (χ1v) is 12.9. The highest BCUT2D eigenvalue weighted by molar-refractivity contribution is 6.00. The molecule has 1 saturated heterocycles. The van der Waals surface area contributed by atoms with E-state index in [-0.39, 0.29) is 17.2 Å². The number of anilines is 1. The summed E-state index contributed by atoms with van der Waals surface area (Å²) in [7, 11) is 0. The molecule has 5 fully saturated rings. The SMILES string of the molecule is O=C(CC12CC3CC(CC(C3)C1)C2)Nc1cccc2c1CCN(CC1CCOCC1)C2=O. The van der Waals surface area contributed by atoms with Crippen LogP contribution in [0.15, 0.2) is 18.2 Å². The van der Waals surface area contributed by atoms with Crippen molar-refractivity contribution >= 4 is 17.5 Å². The summed E-state index contributed by atoms with van der Waals surface area (Å²) in [5.74, 6) is 3.39. The first-order valence-electron chi connectivity index (χ1n) is 12.9. The Morgan fingerprint density at radius 1 is 1.06 bits per heavy atom. The quantitative estimate of drug-likeness (QED) is 0.731. The number of hydrogen-bond donors (Lipinski definition) is 1. The van der Waals surface area contributed by atoms with Crippen molar-refractivity contribution in [1.82, 2.24) is 4.90 Å². The van der Waals surface area contributed by atoms with Crippen molar-refractivity contribution in [3.8, 4) is 0 Å². The molecule has 0 aromatic heterocycles. The van der Waals surface area contributed by atoms with Gasteiger partial charge in [-0.15, -0.1) is 0 Å². The molecule has 32 heavy (non-hydrogen) atoms. The van der Waals surface area contributed by atoms with Crippen LogP contribution in [0.2, 0.25) is 0 Å². The van der Waals surface area contributed by atoms with Crippen molar-refractivity contribution in [3.63, 3.8) is 0 Å². The molecular formula is C27H36N2O3. The van der Waals surface area contributed by atoms with Crippen molar-refractivity contribution < 1.29 is 14.3 Å². The van der Waals surface area contributed by atoms with Crippen molar-refractivity contribution in [3.05, 3.63) is 29.3 Å². The Morgan fingerprint density at radius 3 is 2.44 bits per heavy atom. The molecule has 0 atom stereocenters. The lowest BCUT2D eigenvalue weighted by Gasteiger charge is -2.56. The van der Waals surface area contributed by atoms with Crippen LogP contribution in [-0.4, -0.2) is 43.0 Å². The Hall–Kier alpha value is -1.88. The molecule has 2 heterocycles. The molecule has 0 radical (unpaired) electrons. The van der Waals surface area contributed by atoms with Crippen LogP contribution < -0.4 is 5.32 Å². The average molecular weight is 437 g/mol.